The third-order valence-corrected chi connectivity index (χ3v) is 1.38. The van der Waals surface area contributed by atoms with Gasteiger partial charge >= 0.3 is 18.0 Å². The highest BCUT2D eigenvalue weighted by Gasteiger charge is 2.03. The number of aromatic carboxylic acids is 1. The fourth-order valence-corrected chi connectivity index (χ4v) is 0.872. The molecule has 0 unspecified atom stereocenters. The zero-order valence-electron chi connectivity index (χ0n) is 8.71. The molecule has 0 atom stereocenters. The molecule has 0 spiro atoms. The fourth-order valence-electron chi connectivity index (χ4n) is 0.872. The Kier molecular flexibility index (Phi) is 5.58. The van der Waals surface area contributed by atoms with Gasteiger partial charge in [-0.1, -0.05) is 6.07 Å². The average molecular weight is 240 g/mol. The van der Waals surface area contributed by atoms with Crippen LogP contribution in [0.1, 0.15) is 10.4 Å². The van der Waals surface area contributed by atoms with Crippen LogP contribution in [0.25, 0.3) is 0 Å². The molecular weight excluding hydrogens is 228 g/mol. The topological polar surface area (TPSA) is 162 Å². The van der Waals surface area contributed by atoms with Crippen LogP contribution in [-0.4, -0.2) is 23.1 Å². The lowest BCUT2D eigenvalue weighted by molar-refractivity contribution is 0.0697. The first-order valence-corrected chi connectivity index (χ1v) is 4.27. The summed E-state index contributed by atoms with van der Waals surface area (Å²) in [7, 11) is 0. The van der Waals surface area contributed by atoms with Gasteiger partial charge in [0.05, 0.1) is 5.56 Å². The minimum Gasteiger partial charge on any atom is -0.478 e. The maximum Gasteiger partial charge on any atom is 0.335 e. The highest BCUT2D eigenvalue weighted by molar-refractivity contribution is 5.92. The smallest absolute Gasteiger partial charge is 0.335 e. The predicted molar refractivity (Wildman–Crippen MR) is 60.4 cm³/mol. The molecule has 1 rings (SSSR count). The Hall–Kier alpha value is -2.77. The van der Waals surface area contributed by atoms with E-state index in [-0.39, 0.29) is 5.56 Å². The second-order valence-corrected chi connectivity index (χ2v) is 2.78. The average Bonchev–Trinajstić information content (AvgIpc) is 2.16. The summed E-state index contributed by atoms with van der Waals surface area (Å²) in [5.41, 5.74) is 13.8. The molecule has 8 N–H and O–H groups in total. The molecule has 8 nitrogen and oxygen atoms in total. The first kappa shape index (κ1) is 14.2. The molecule has 0 bridgehead atoms. The van der Waals surface area contributed by atoms with Crippen molar-refractivity contribution in [3.63, 3.8) is 0 Å². The Morgan fingerprint density at radius 1 is 1.12 bits per heavy atom. The molecule has 0 fully saturated rings. The van der Waals surface area contributed by atoms with Crippen LogP contribution >= 0.6 is 0 Å². The Labute approximate surface area is 96.4 Å². The number of primary amides is 3. The van der Waals surface area contributed by atoms with Gasteiger partial charge in [0.2, 0.25) is 0 Å². The van der Waals surface area contributed by atoms with Gasteiger partial charge in [0, 0.05) is 5.69 Å². The van der Waals surface area contributed by atoms with Crippen molar-refractivity contribution in [3.05, 3.63) is 29.8 Å². The summed E-state index contributed by atoms with van der Waals surface area (Å²) in [4.78, 5) is 29.9. The Morgan fingerprint density at radius 2 is 1.65 bits per heavy atom. The summed E-state index contributed by atoms with van der Waals surface area (Å²) in [6, 6.07) is 4.27. The largest absolute Gasteiger partial charge is 0.478 e. The second-order valence-electron chi connectivity index (χ2n) is 2.78. The van der Waals surface area contributed by atoms with Crippen molar-refractivity contribution in [3.8, 4) is 0 Å². The Balaban J connectivity index is 0.000000557. The van der Waals surface area contributed by atoms with Gasteiger partial charge < -0.3 is 27.6 Å². The summed E-state index contributed by atoms with van der Waals surface area (Å²) in [5, 5.41) is 10.9. The summed E-state index contributed by atoms with van der Waals surface area (Å²) in [6.45, 7) is 0. The number of amides is 4. The van der Waals surface area contributed by atoms with E-state index in [1.165, 1.54) is 18.2 Å². The SMILES string of the molecule is NC(=O)Nc1cccc(C(=O)O)c1.NC(N)=O. The van der Waals surface area contributed by atoms with Gasteiger partial charge in [-0.05, 0) is 18.2 Å². The van der Waals surface area contributed by atoms with Crippen LogP contribution in [0.3, 0.4) is 0 Å². The van der Waals surface area contributed by atoms with Crippen LogP contribution in [-0.2, 0) is 0 Å². The number of rotatable bonds is 2. The van der Waals surface area contributed by atoms with Crippen molar-refractivity contribution in [2.75, 3.05) is 5.32 Å². The van der Waals surface area contributed by atoms with Gasteiger partial charge in [0.15, 0.2) is 0 Å². The highest BCUT2D eigenvalue weighted by atomic mass is 16.4. The molecular formula is C9H12N4O4. The number of carbonyl (C=O) groups is 3. The van der Waals surface area contributed by atoms with Crippen molar-refractivity contribution in [1.29, 1.82) is 0 Å². The van der Waals surface area contributed by atoms with Gasteiger partial charge in [0.25, 0.3) is 0 Å². The first-order valence-electron chi connectivity index (χ1n) is 4.27. The molecule has 0 aromatic heterocycles. The molecule has 0 aliphatic carbocycles. The van der Waals surface area contributed by atoms with E-state index in [4.69, 9.17) is 15.6 Å². The van der Waals surface area contributed by atoms with E-state index in [0.29, 0.717) is 5.69 Å². The van der Waals surface area contributed by atoms with Gasteiger partial charge in [-0.15, -0.1) is 0 Å². The normalized spacial score (nSPS) is 8.47. The van der Waals surface area contributed by atoms with Crippen molar-refractivity contribution >= 4 is 23.7 Å². The maximum absolute atomic E-state index is 10.5. The molecule has 8 heteroatoms. The molecule has 0 aliphatic rings. The molecule has 1 aromatic rings. The molecule has 0 heterocycles. The number of benzene rings is 1. The number of nitrogens with one attached hydrogen (secondary N) is 1. The minimum atomic E-state index is -1.05. The van der Waals surface area contributed by atoms with Crippen LogP contribution in [0.5, 0.6) is 0 Å². The van der Waals surface area contributed by atoms with Crippen LogP contribution in [0.2, 0.25) is 0 Å². The number of hydrogen-bond acceptors (Lipinski definition) is 3. The van der Waals surface area contributed by atoms with E-state index >= 15 is 0 Å². The molecule has 92 valence electrons. The van der Waals surface area contributed by atoms with Crippen molar-refractivity contribution in [2.45, 2.75) is 0 Å². The lowest BCUT2D eigenvalue weighted by Gasteiger charge is -2.01. The third-order valence-electron chi connectivity index (χ3n) is 1.38. The number of anilines is 1. The van der Waals surface area contributed by atoms with Crippen molar-refractivity contribution < 1.29 is 19.5 Å². The minimum absolute atomic E-state index is 0.103. The van der Waals surface area contributed by atoms with Gasteiger partial charge in [-0.2, -0.15) is 0 Å². The molecule has 0 saturated carbocycles. The number of hydrogen-bond donors (Lipinski definition) is 5. The maximum atomic E-state index is 10.5. The van der Waals surface area contributed by atoms with Gasteiger partial charge in [-0.25, -0.2) is 14.4 Å². The lowest BCUT2D eigenvalue weighted by Crippen LogP contribution is -2.19. The highest BCUT2D eigenvalue weighted by Crippen LogP contribution is 2.09. The second kappa shape index (κ2) is 6.67. The number of carbonyl (C=O) groups excluding carboxylic acids is 2. The zero-order chi connectivity index (χ0) is 13.4. The number of urea groups is 2. The van der Waals surface area contributed by atoms with E-state index in [9.17, 15) is 9.59 Å². The fraction of sp³-hybridized carbons (Fsp3) is 0. The van der Waals surface area contributed by atoms with Crippen LogP contribution in [0.15, 0.2) is 24.3 Å². The monoisotopic (exact) mass is 240 g/mol. The van der Waals surface area contributed by atoms with E-state index < -0.39 is 18.0 Å². The molecule has 17 heavy (non-hydrogen) atoms. The summed E-state index contributed by atoms with van der Waals surface area (Å²) in [6.07, 6.45) is 0. The molecule has 1 aromatic carbocycles. The van der Waals surface area contributed by atoms with E-state index in [1.807, 2.05) is 0 Å². The standard InChI is InChI=1S/C8H8N2O3.CH4N2O/c9-8(13)10-6-3-1-2-5(4-6)7(11)12;2-1(3)4/h1-4H,(H,11,12)(H3,9,10,13);(H4,2,3,4). The van der Waals surface area contributed by atoms with Crippen LogP contribution < -0.4 is 22.5 Å². The van der Waals surface area contributed by atoms with E-state index in [1.54, 1.807) is 6.07 Å². The third kappa shape index (κ3) is 7.19. The van der Waals surface area contributed by atoms with Crippen molar-refractivity contribution in [1.82, 2.24) is 0 Å². The summed E-state index contributed by atoms with van der Waals surface area (Å²) >= 11 is 0. The molecule has 0 aliphatic heterocycles. The molecule has 0 saturated heterocycles. The van der Waals surface area contributed by atoms with E-state index in [0.717, 1.165) is 0 Å². The quantitative estimate of drug-likeness (QED) is 0.488. The van der Waals surface area contributed by atoms with E-state index in [2.05, 4.69) is 16.8 Å². The van der Waals surface area contributed by atoms with Crippen molar-refractivity contribution in [2.24, 2.45) is 17.2 Å². The molecule has 0 radical (unpaired) electrons. The van der Waals surface area contributed by atoms with Crippen LogP contribution in [0.4, 0.5) is 15.3 Å². The summed E-state index contributed by atoms with van der Waals surface area (Å²) in [5.74, 6) is -1.05. The number of nitrogens with two attached hydrogens (primary N) is 3. The lowest BCUT2D eigenvalue weighted by atomic mass is 10.2. The Morgan fingerprint density at radius 3 is 2.06 bits per heavy atom. The Bertz CT molecular complexity index is 429. The predicted octanol–water partition coefficient (Wildman–Crippen LogP) is -0.101. The van der Waals surface area contributed by atoms with Crippen LogP contribution in [0, 0.1) is 0 Å². The number of carboxylic acids is 1. The first-order chi connectivity index (χ1) is 7.82. The number of carboxylic acid groups (broad SMARTS) is 1. The van der Waals surface area contributed by atoms with Gasteiger partial charge in [-0.3, -0.25) is 0 Å². The summed E-state index contributed by atoms with van der Waals surface area (Å²) < 4.78 is 0. The molecule has 4 amide bonds. The zero-order valence-corrected chi connectivity index (χ0v) is 8.71. The van der Waals surface area contributed by atoms with Gasteiger partial charge in [0.1, 0.15) is 0 Å².